The zero-order chi connectivity index (χ0) is 14.9. The molecular formula is C16H20ClN3. The predicted octanol–water partition coefficient (Wildman–Crippen LogP) is 4.92. The number of hydrogen-bond donors (Lipinski definition) is 1. The Kier molecular flexibility index (Phi) is 4.29. The summed E-state index contributed by atoms with van der Waals surface area (Å²) >= 11 is 6.20. The van der Waals surface area contributed by atoms with E-state index in [1.54, 1.807) is 0 Å². The summed E-state index contributed by atoms with van der Waals surface area (Å²) in [6.07, 6.45) is 0. The minimum Gasteiger partial charge on any atom is -0.340 e. The van der Waals surface area contributed by atoms with Gasteiger partial charge in [0.1, 0.15) is 16.8 Å². The minimum atomic E-state index is 0.243. The normalized spacial score (nSPS) is 10.9. The second-order valence-electron chi connectivity index (χ2n) is 5.44. The number of nitrogens with zero attached hydrogens (tertiary/aromatic N) is 2. The molecule has 0 saturated heterocycles. The van der Waals surface area contributed by atoms with Gasteiger partial charge in [0.25, 0.3) is 0 Å². The van der Waals surface area contributed by atoms with Gasteiger partial charge in [-0.05, 0) is 32.4 Å². The van der Waals surface area contributed by atoms with Crippen molar-refractivity contribution in [1.82, 2.24) is 9.97 Å². The monoisotopic (exact) mass is 289 g/mol. The molecule has 1 aromatic heterocycles. The van der Waals surface area contributed by atoms with Crippen LogP contribution in [-0.4, -0.2) is 9.97 Å². The van der Waals surface area contributed by atoms with Crippen molar-refractivity contribution in [3.63, 3.8) is 0 Å². The lowest BCUT2D eigenvalue weighted by Crippen LogP contribution is -2.05. The SMILES string of the molecule is Cc1ccc(Nc2nc(C(C)C)nc(Cl)c2C)c(C)c1. The van der Waals surface area contributed by atoms with Crippen LogP contribution < -0.4 is 5.32 Å². The third-order valence-corrected chi connectivity index (χ3v) is 3.62. The summed E-state index contributed by atoms with van der Waals surface area (Å²) in [5.74, 6) is 1.78. The molecule has 4 heteroatoms. The van der Waals surface area contributed by atoms with Crippen molar-refractivity contribution in [2.75, 3.05) is 5.32 Å². The Balaban J connectivity index is 2.42. The summed E-state index contributed by atoms with van der Waals surface area (Å²) in [4.78, 5) is 8.91. The Morgan fingerprint density at radius 3 is 2.40 bits per heavy atom. The van der Waals surface area contributed by atoms with Crippen molar-refractivity contribution < 1.29 is 0 Å². The molecule has 0 bridgehead atoms. The molecule has 0 saturated carbocycles. The van der Waals surface area contributed by atoms with Crippen LogP contribution in [-0.2, 0) is 0 Å². The molecule has 0 fully saturated rings. The molecule has 2 rings (SSSR count). The fraction of sp³-hybridized carbons (Fsp3) is 0.375. The topological polar surface area (TPSA) is 37.8 Å². The van der Waals surface area contributed by atoms with Crippen LogP contribution in [0, 0.1) is 20.8 Å². The molecule has 20 heavy (non-hydrogen) atoms. The van der Waals surface area contributed by atoms with E-state index in [1.165, 1.54) is 11.1 Å². The third kappa shape index (κ3) is 3.10. The van der Waals surface area contributed by atoms with E-state index in [2.05, 4.69) is 61.2 Å². The quantitative estimate of drug-likeness (QED) is 0.815. The van der Waals surface area contributed by atoms with E-state index in [-0.39, 0.29) is 5.92 Å². The second kappa shape index (κ2) is 5.80. The van der Waals surface area contributed by atoms with Crippen LogP contribution in [0.2, 0.25) is 5.15 Å². The Bertz CT molecular complexity index is 636. The average molecular weight is 290 g/mol. The first-order valence-electron chi connectivity index (χ1n) is 6.76. The zero-order valence-corrected chi connectivity index (χ0v) is 13.3. The predicted molar refractivity (Wildman–Crippen MR) is 85.1 cm³/mol. The van der Waals surface area contributed by atoms with Crippen LogP contribution in [0.15, 0.2) is 18.2 Å². The molecule has 0 aliphatic heterocycles. The molecule has 0 atom stereocenters. The highest BCUT2D eigenvalue weighted by atomic mass is 35.5. The van der Waals surface area contributed by atoms with Crippen LogP contribution in [0.1, 0.15) is 42.3 Å². The van der Waals surface area contributed by atoms with Crippen molar-refractivity contribution in [3.8, 4) is 0 Å². The van der Waals surface area contributed by atoms with Crippen LogP contribution in [0.5, 0.6) is 0 Å². The molecule has 0 unspecified atom stereocenters. The Morgan fingerprint density at radius 2 is 1.80 bits per heavy atom. The molecule has 0 radical (unpaired) electrons. The van der Waals surface area contributed by atoms with Gasteiger partial charge in [0.15, 0.2) is 0 Å². The largest absolute Gasteiger partial charge is 0.340 e. The molecule has 2 aromatic rings. The van der Waals surface area contributed by atoms with E-state index >= 15 is 0 Å². The summed E-state index contributed by atoms with van der Waals surface area (Å²) < 4.78 is 0. The van der Waals surface area contributed by atoms with Gasteiger partial charge in [-0.2, -0.15) is 0 Å². The molecule has 0 aliphatic carbocycles. The van der Waals surface area contributed by atoms with Crippen LogP contribution >= 0.6 is 11.6 Å². The number of benzene rings is 1. The minimum absolute atomic E-state index is 0.243. The maximum Gasteiger partial charge on any atom is 0.138 e. The van der Waals surface area contributed by atoms with Gasteiger partial charge in [0, 0.05) is 17.2 Å². The number of anilines is 2. The van der Waals surface area contributed by atoms with Gasteiger partial charge < -0.3 is 5.32 Å². The lowest BCUT2D eigenvalue weighted by atomic mass is 10.1. The van der Waals surface area contributed by atoms with Crippen LogP contribution in [0.4, 0.5) is 11.5 Å². The van der Waals surface area contributed by atoms with Crippen molar-refractivity contribution in [1.29, 1.82) is 0 Å². The summed E-state index contributed by atoms with van der Waals surface area (Å²) in [6, 6.07) is 6.29. The highest BCUT2D eigenvalue weighted by molar-refractivity contribution is 6.30. The van der Waals surface area contributed by atoms with E-state index in [0.29, 0.717) is 5.15 Å². The summed E-state index contributed by atoms with van der Waals surface area (Å²) in [5, 5.41) is 3.88. The second-order valence-corrected chi connectivity index (χ2v) is 5.80. The van der Waals surface area contributed by atoms with Crippen molar-refractivity contribution in [2.45, 2.75) is 40.5 Å². The lowest BCUT2D eigenvalue weighted by molar-refractivity contribution is 0.773. The van der Waals surface area contributed by atoms with Crippen molar-refractivity contribution in [3.05, 3.63) is 45.9 Å². The summed E-state index contributed by atoms with van der Waals surface area (Å²) in [7, 11) is 0. The molecule has 1 aromatic carbocycles. The maximum atomic E-state index is 6.20. The van der Waals surface area contributed by atoms with E-state index < -0.39 is 0 Å². The molecular weight excluding hydrogens is 270 g/mol. The van der Waals surface area contributed by atoms with Gasteiger partial charge in [-0.25, -0.2) is 9.97 Å². The Labute approximate surface area is 125 Å². The third-order valence-electron chi connectivity index (χ3n) is 3.26. The van der Waals surface area contributed by atoms with Crippen LogP contribution in [0.3, 0.4) is 0 Å². The van der Waals surface area contributed by atoms with Crippen molar-refractivity contribution in [2.24, 2.45) is 0 Å². The maximum absolute atomic E-state index is 6.20. The fourth-order valence-corrected chi connectivity index (χ4v) is 2.14. The molecule has 3 nitrogen and oxygen atoms in total. The number of rotatable bonds is 3. The van der Waals surface area contributed by atoms with Gasteiger partial charge in [-0.1, -0.05) is 43.1 Å². The fourth-order valence-electron chi connectivity index (χ4n) is 1.97. The highest BCUT2D eigenvalue weighted by Crippen LogP contribution is 2.27. The van der Waals surface area contributed by atoms with E-state index in [4.69, 9.17) is 11.6 Å². The number of nitrogens with one attached hydrogen (secondary N) is 1. The molecule has 106 valence electrons. The standard InChI is InChI=1S/C16H20ClN3/c1-9(2)15-19-14(17)12(5)16(20-15)18-13-7-6-10(3)8-11(13)4/h6-9H,1-5H3,(H,18,19,20). The highest BCUT2D eigenvalue weighted by Gasteiger charge is 2.12. The first-order chi connectivity index (χ1) is 9.38. The Morgan fingerprint density at radius 1 is 1.10 bits per heavy atom. The zero-order valence-electron chi connectivity index (χ0n) is 12.6. The van der Waals surface area contributed by atoms with E-state index in [9.17, 15) is 0 Å². The molecule has 1 N–H and O–H groups in total. The van der Waals surface area contributed by atoms with Gasteiger partial charge >= 0.3 is 0 Å². The number of aromatic nitrogens is 2. The van der Waals surface area contributed by atoms with E-state index in [0.717, 1.165) is 22.9 Å². The first-order valence-corrected chi connectivity index (χ1v) is 7.14. The molecule has 0 amide bonds. The average Bonchev–Trinajstić information content (AvgIpc) is 2.37. The summed E-state index contributed by atoms with van der Waals surface area (Å²) in [5.41, 5.74) is 4.35. The van der Waals surface area contributed by atoms with Gasteiger partial charge in [-0.15, -0.1) is 0 Å². The van der Waals surface area contributed by atoms with Gasteiger partial charge in [0.05, 0.1) is 0 Å². The molecule has 1 heterocycles. The number of hydrogen-bond acceptors (Lipinski definition) is 3. The number of aryl methyl sites for hydroxylation is 2. The Hall–Kier alpha value is -1.61. The van der Waals surface area contributed by atoms with Gasteiger partial charge in [-0.3, -0.25) is 0 Å². The summed E-state index contributed by atoms with van der Waals surface area (Å²) in [6.45, 7) is 10.2. The van der Waals surface area contributed by atoms with Gasteiger partial charge in [0.2, 0.25) is 0 Å². The first kappa shape index (κ1) is 14.8. The molecule has 0 spiro atoms. The van der Waals surface area contributed by atoms with Crippen LogP contribution in [0.25, 0.3) is 0 Å². The smallest absolute Gasteiger partial charge is 0.138 e. The van der Waals surface area contributed by atoms with Crippen molar-refractivity contribution >= 4 is 23.1 Å². The van der Waals surface area contributed by atoms with E-state index in [1.807, 2.05) is 6.92 Å². The molecule has 0 aliphatic rings. The lowest BCUT2D eigenvalue weighted by Gasteiger charge is -2.14. The number of halogens is 1.